The number of carbonyl (C=O) groups excluding carboxylic acids is 1. The molecular weight excluding hydrogens is 302 g/mol. The Labute approximate surface area is 133 Å². The lowest BCUT2D eigenvalue weighted by Gasteiger charge is -2.33. The highest BCUT2D eigenvalue weighted by molar-refractivity contribution is 7.22. The smallest absolute Gasteiger partial charge is 0.338 e. The van der Waals surface area contributed by atoms with Crippen molar-refractivity contribution >= 4 is 32.7 Å². The standard InChI is InChI=1S/C15H19N3O3S/c1-9-8-16-4-5-18(9)15-17-13-11(20-2)6-10(14(19)21-3)7-12(13)22-15/h6-7,9,16H,4-5,8H2,1-3H3/t9-/m1/s1. The van der Waals surface area contributed by atoms with Gasteiger partial charge in [0, 0.05) is 25.7 Å². The zero-order valence-electron chi connectivity index (χ0n) is 12.9. The topological polar surface area (TPSA) is 63.7 Å². The van der Waals surface area contributed by atoms with Crippen LogP contribution in [0.3, 0.4) is 0 Å². The number of nitrogens with zero attached hydrogens (tertiary/aromatic N) is 2. The number of esters is 1. The Balaban J connectivity index is 2.06. The molecule has 2 aromatic rings. The minimum absolute atomic E-state index is 0.370. The summed E-state index contributed by atoms with van der Waals surface area (Å²) in [6, 6.07) is 3.89. The predicted molar refractivity (Wildman–Crippen MR) is 87.2 cm³/mol. The summed E-state index contributed by atoms with van der Waals surface area (Å²) in [5.41, 5.74) is 1.27. The number of hydrogen-bond donors (Lipinski definition) is 1. The molecule has 1 aliphatic heterocycles. The number of aromatic nitrogens is 1. The van der Waals surface area contributed by atoms with Crippen molar-refractivity contribution in [3.63, 3.8) is 0 Å². The van der Waals surface area contributed by atoms with E-state index in [4.69, 9.17) is 14.5 Å². The molecule has 1 N–H and O–H groups in total. The Morgan fingerprint density at radius 1 is 1.45 bits per heavy atom. The molecule has 1 atom stereocenters. The van der Waals surface area contributed by atoms with E-state index in [1.165, 1.54) is 7.11 Å². The SMILES string of the molecule is COC(=O)c1cc(OC)c2nc(N3CCNC[C@H]3C)sc2c1. The molecule has 0 radical (unpaired) electrons. The van der Waals surface area contributed by atoms with Crippen molar-refractivity contribution in [3.05, 3.63) is 17.7 Å². The van der Waals surface area contributed by atoms with Crippen molar-refractivity contribution in [2.45, 2.75) is 13.0 Å². The van der Waals surface area contributed by atoms with E-state index in [0.717, 1.165) is 35.0 Å². The number of rotatable bonds is 3. The number of hydrogen-bond acceptors (Lipinski definition) is 7. The molecule has 1 aromatic carbocycles. The molecule has 0 unspecified atom stereocenters. The number of carbonyl (C=O) groups is 1. The maximum absolute atomic E-state index is 11.8. The van der Waals surface area contributed by atoms with Crippen LogP contribution in [0.25, 0.3) is 10.2 Å². The summed E-state index contributed by atoms with van der Waals surface area (Å²) < 4.78 is 11.1. The highest BCUT2D eigenvalue weighted by Gasteiger charge is 2.23. The molecule has 1 saturated heterocycles. The maximum atomic E-state index is 11.8. The van der Waals surface area contributed by atoms with Crippen molar-refractivity contribution in [2.24, 2.45) is 0 Å². The molecule has 2 heterocycles. The molecule has 118 valence electrons. The Morgan fingerprint density at radius 2 is 2.27 bits per heavy atom. The van der Waals surface area contributed by atoms with Gasteiger partial charge < -0.3 is 19.7 Å². The number of fused-ring (bicyclic) bond motifs is 1. The van der Waals surface area contributed by atoms with E-state index in [0.29, 0.717) is 17.4 Å². The molecule has 6 nitrogen and oxygen atoms in total. The van der Waals surface area contributed by atoms with Gasteiger partial charge in [-0.1, -0.05) is 11.3 Å². The molecule has 0 aliphatic carbocycles. The van der Waals surface area contributed by atoms with E-state index in [1.807, 2.05) is 6.07 Å². The third-order valence-corrected chi connectivity index (χ3v) is 4.88. The fourth-order valence-corrected chi connectivity index (χ4v) is 3.78. The first-order chi connectivity index (χ1) is 10.6. The summed E-state index contributed by atoms with van der Waals surface area (Å²) in [7, 11) is 2.96. The Kier molecular flexibility index (Phi) is 4.17. The third-order valence-electron chi connectivity index (χ3n) is 3.84. The monoisotopic (exact) mass is 321 g/mol. The van der Waals surface area contributed by atoms with Crippen LogP contribution in [0.4, 0.5) is 5.13 Å². The van der Waals surface area contributed by atoms with Gasteiger partial charge in [0.15, 0.2) is 5.13 Å². The first-order valence-corrected chi connectivity index (χ1v) is 8.00. The van der Waals surface area contributed by atoms with Gasteiger partial charge in [-0.05, 0) is 19.1 Å². The van der Waals surface area contributed by atoms with Crippen molar-refractivity contribution in [1.82, 2.24) is 10.3 Å². The molecule has 7 heteroatoms. The van der Waals surface area contributed by atoms with E-state index in [1.54, 1.807) is 24.5 Å². The average molecular weight is 321 g/mol. The van der Waals surface area contributed by atoms with Gasteiger partial charge in [-0.25, -0.2) is 9.78 Å². The Hall–Kier alpha value is -1.86. The van der Waals surface area contributed by atoms with Crippen LogP contribution >= 0.6 is 11.3 Å². The second-order valence-corrected chi connectivity index (χ2v) is 6.27. The van der Waals surface area contributed by atoms with Crippen molar-refractivity contribution in [2.75, 3.05) is 38.8 Å². The predicted octanol–water partition coefficient (Wildman–Crippen LogP) is 1.89. The Morgan fingerprint density at radius 3 is 2.95 bits per heavy atom. The quantitative estimate of drug-likeness (QED) is 0.871. The van der Waals surface area contributed by atoms with Gasteiger partial charge in [0.1, 0.15) is 11.3 Å². The second kappa shape index (κ2) is 6.10. The molecular formula is C15H19N3O3S. The minimum atomic E-state index is -0.370. The highest BCUT2D eigenvalue weighted by Crippen LogP contribution is 2.36. The number of anilines is 1. The van der Waals surface area contributed by atoms with Gasteiger partial charge in [0.05, 0.1) is 24.5 Å². The van der Waals surface area contributed by atoms with E-state index in [9.17, 15) is 4.79 Å². The lowest BCUT2D eigenvalue weighted by molar-refractivity contribution is 0.0600. The largest absolute Gasteiger partial charge is 0.494 e. The number of ether oxygens (including phenoxy) is 2. The lowest BCUT2D eigenvalue weighted by Crippen LogP contribution is -2.49. The summed E-state index contributed by atoms with van der Waals surface area (Å²) in [5, 5.41) is 4.33. The lowest BCUT2D eigenvalue weighted by atomic mass is 10.2. The average Bonchev–Trinajstić information content (AvgIpc) is 2.97. The van der Waals surface area contributed by atoms with Crippen LogP contribution in [0.5, 0.6) is 5.75 Å². The number of piperazine rings is 1. The van der Waals surface area contributed by atoms with Gasteiger partial charge in [0.2, 0.25) is 0 Å². The van der Waals surface area contributed by atoms with Gasteiger partial charge in [-0.15, -0.1) is 0 Å². The second-order valence-electron chi connectivity index (χ2n) is 5.26. The molecule has 1 fully saturated rings. The van der Waals surface area contributed by atoms with Crippen LogP contribution in [0, 0.1) is 0 Å². The summed E-state index contributed by atoms with van der Waals surface area (Å²) in [6.07, 6.45) is 0. The van der Waals surface area contributed by atoms with Crippen LogP contribution < -0.4 is 15.0 Å². The molecule has 0 amide bonds. The Bertz CT molecular complexity index is 701. The molecule has 3 rings (SSSR count). The summed E-state index contributed by atoms with van der Waals surface area (Å²) >= 11 is 1.58. The third kappa shape index (κ3) is 2.62. The number of methoxy groups -OCH3 is 2. The molecule has 0 saturated carbocycles. The van der Waals surface area contributed by atoms with Crippen molar-refractivity contribution in [1.29, 1.82) is 0 Å². The number of nitrogens with one attached hydrogen (secondary N) is 1. The minimum Gasteiger partial charge on any atom is -0.494 e. The van der Waals surface area contributed by atoms with E-state index in [-0.39, 0.29) is 5.97 Å². The zero-order chi connectivity index (χ0) is 15.7. The van der Waals surface area contributed by atoms with E-state index < -0.39 is 0 Å². The number of thiazole rings is 1. The molecule has 1 aliphatic rings. The summed E-state index contributed by atoms with van der Waals surface area (Å²) in [6.45, 7) is 4.99. The summed E-state index contributed by atoms with van der Waals surface area (Å²) in [4.78, 5) is 18.8. The van der Waals surface area contributed by atoms with Crippen molar-refractivity contribution in [3.8, 4) is 5.75 Å². The van der Waals surface area contributed by atoms with Crippen molar-refractivity contribution < 1.29 is 14.3 Å². The van der Waals surface area contributed by atoms with Gasteiger partial charge in [0.25, 0.3) is 0 Å². The first kappa shape index (κ1) is 15.1. The van der Waals surface area contributed by atoms with Gasteiger partial charge >= 0.3 is 5.97 Å². The van der Waals surface area contributed by atoms with E-state index >= 15 is 0 Å². The fourth-order valence-electron chi connectivity index (χ4n) is 2.63. The maximum Gasteiger partial charge on any atom is 0.338 e. The molecule has 0 bridgehead atoms. The normalized spacial score (nSPS) is 18.5. The number of benzene rings is 1. The zero-order valence-corrected chi connectivity index (χ0v) is 13.7. The highest BCUT2D eigenvalue weighted by atomic mass is 32.1. The van der Waals surface area contributed by atoms with Gasteiger partial charge in [-0.3, -0.25) is 0 Å². The van der Waals surface area contributed by atoms with Crippen LogP contribution in [0.15, 0.2) is 12.1 Å². The molecule has 1 aromatic heterocycles. The fraction of sp³-hybridized carbons (Fsp3) is 0.467. The van der Waals surface area contributed by atoms with Crippen LogP contribution in [-0.2, 0) is 4.74 Å². The van der Waals surface area contributed by atoms with E-state index in [2.05, 4.69) is 17.1 Å². The van der Waals surface area contributed by atoms with Crippen LogP contribution in [0.1, 0.15) is 17.3 Å². The van der Waals surface area contributed by atoms with Crippen LogP contribution in [0.2, 0.25) is 0 Å². The first-order valence-electron chi connectivity index (χ1n) is 7.18. The molecule has 22 heavy (non-hydrogen) atoms. The van der Waals surface area contributed by atoms with Crippen LogP contribution in [-0.4, -0.2) is 50.8 Å². The van der Waals surface area contributed by atoms with Gasteiger partial charge in [-0.2, -0.15) is 0 Å². The molecule has 0 spiro atoms. The summed E-state index contributed by atoms with van der Waals surface area (Å²) in [5.74, 6) is 0.230.